The number of ether oxygens (including phenoxy) is 1. The minimum absolute atomic E-state index is 0.186. The molecule has 3 rings (SSSR count). The van der Waals surface area contributed by atoms with Crippen molar-refractivity contribution in [1.29, 1.82) is 0 Å². The van der Waals surface area contributed by atoms with E-state index in [0.717, 1.165) is 60.9 Å². The highest BCUT2D eigenvalue weighted by molar-refractivity contribution is 5.61. The third kappa shape index (κ3) is 3.04. The molecule has 22 heavy (non-hydrogen) atoms. The Morgan fingerprint density at radius 1 is 1.18 bits per heavy atom. The van der Waals surface area contributed by atoms with E-state index in [9.17, 15) is 0 Å². The van der Waals surface area contributed by atoms with Crippen molar-refractivity contribution in [3.05, 3.63) is 35.5 Å². The van der Waals surface area contributed by atoms with Gasteiger partial charge < -0.3 is 15.2 Å². The van der Waals surface area contributed by atoms with Crippen molar-refractivity contribution >= 4 is 5.82 Å². The summed E-state index contributed by atoms with van der Waals surface area (Å²) in [6, 6.07) is 7.80. The molecule has 1 aliphatic rings. The monoisotopic (exact) mass is 299 g/mol. The van der Waals surface area contributed by atoms with Gasteiger partial charge in [0.1, 0.15) is 11.6 Å². The van der Waals surface area contributed by atoms with E-state index in [1.54, 1.807) is 7.11 Å². The summed E-state index contributed by atoms with van der Waals surface area (Å²) in [6.07, 6.45) is 3.89. The van der Waals surface area contributed by atoms with Gasteiger partial charge in [0.2, 0.25) is 0 Å². The number of hydrogen-bond acceptors (Lipinski definition) is 5. The standard InChI is InChI=1S/C17H21N3O2/c1-22-13-8-6-12(7-9-13)16-19-15-5-2-4-14(15)17(20-16)18-10-3-11-21/h6-9,21H,2-5,10-11H2,1H3,(H,18,19,20). The molecule has 0 aliphatic heterocycles. The van der Waals surface area contributed by atoms with Gasteiger partial charge in [-0.15, -0.1) is 0 Å². The lowest BCUT2D eigenvalue weighted by Gasteiger charge is -2.12. The van der Waals surface area contributed by atoms with E-state index in [1.165, 1.54) is 5.56 Å². The molecule has 0 saturated carbocycles. The molecule has 0 amide bonds. The number of nitrogens with zero attached hydrogens (tertiary/aromatic N) is 2. The number of fused-ring (bicyclic) bond motifs is 1. The minimum Gasteiger partial charge on any atom is -0.497 e. The molecule has 0 fully saturated rings. The van der Waals surface area contributed by atoms with Crippen LogP contribution in [-0.4, -0.2) is 35.3 Å². The SMILES string of the molecule is COc1ccc(-c2nc3c(c(NCCCO)n2)CCC3)cc1. The minimum atomic E-state index is 0.186. The van der Waals surface area contributed by atoms with E-state index < -0.39 is 0 Å². The lowest BCUT2D eigenvalue weighted by molar-refractivity contribution is 0.292. The Balaban J connectivity index is 1.92. The Kier molecular flexibility index (Phi) is 4.53. The van der Waals surface area contributed by atoms with E-state index in [-0.39, 0.29) is 6.61 Å². The van der Waals surface area contributed by atoms with Crippen molar-refractivity contribution in [2.75, 3.05) is 25.6 Å². The number of benzene rings is 1. The first kappa shape index (κ1) is 14.8. The number of rotatable bonds is 6. The Labute approximate surface area is 130 Å². The fourth-order valence-electron chi connectivity index (χ4n) is 2.73. The lowest BCUT2D eigenvalue weighted by atomic mass is 10.1. The first-order valence-corrected chi connectivity index (χ1v) is 7.71. The third-order valence-electron chi connectivity index (χ3n) is 3.91. The number of hydrogen-bond donors (Lipinski definition) is 2. The molecule has 0 atom stereocenters. The van der Waals surface area contributed by atoms with Gasteiger partial charge in [0.05, 0.1) is 7.11 Å². The molecular weight excluding hydrogens is 278 g/mol. The molecule has 1 aliphatic carbocycles. The summed E-state index contributed by atoms with van der Waals surface area (Å²) in [6.45, 7) is 0.910. The summed E-state index contributed by atoms with van der Waals surface area (Å²) < 4.78 is 5.19. The van der Waals surface area contributed by atoms with E-state index in [4.69, 9.17) is 19.8 Å². The van der Waals surface area contributed by atoms with Crippen LogP contribution >= 0.6 is 0 Å². The molecule has 5 nitrogen and oxygen atoms in total. The van der Waals surface area contributed by atoms with Crippen molar-refractivity contribution < 1.29 is 9.84 Å². The quantitative estimate of drug-likeness (QED) is 0.802. The maximum Gasteiger partial charge on any atom is 0.161 e. The molecule has 5 heteroatoms. The van der Waals surface area contributed by atoms with Crippen molar-refractivity contribution in [3.63, 3.8) is 0 Å². The Morgan fingerprint density at radius 3 is 2.73 bits per heavy atom. The maximum absolute atomic E-state index is 8.94. The summed E-state index contributed by atoms with van der Waals surface area (Å²) in [4.78, 5) is 9.42. The predicted octanol–water partition coefficient (Wildman–Crippen LogP) is 2.44. The number of aryl methyl sites for hydroxylation is 1. The summed E-state index contributed by atoms with van der Waals surface area (Å²) in [5.74, 6) is 2.49. The highest BCUT2D eigenvalue weighted by Crippen LogP contribution is 2.29. The summed E-state index contributed by atoms with van der Waals surface area (Å²) >= 11 is 0. The average Bonchev–Trinajstić information content (AvgIpc) is 3.04. The van der Waals surface area contributed by atoms with Crippen LogP contribution in [0.2, 0.25) is 0 Å². The van der Waals surface area contributed by atoms with E-state index in [0.29, 0.717) is 0 Å². The molecule has 116 valence electrons. The molecule has 1 aromatic carbocycles. The first-order valence-electron chi connectivity index (χ1n) is 7.71. The van der Waals surface area contributed by atoms with E-state index in [2.05, 4.69) is 5.32 Å². The summed E-state index contributed by atoms with van der Waals surface area (Å²) in [7, 11) is 1.66. The van der Waals surface area contributed by atoms with Gasteiger partial charge in [-0.2, -0.15) is 0 Å². The number of nitrogens with one attached hydrogen (secondary N) is 1. The second-order valence-corrected chi connectivity index (χ2v) is 5.41. The lowest BCUT2D eigenvalue weighted by Crippen LogP contribution is -2.09. The molecule has 2 N–H and O–H groups in total. The topological polar surface area (TPSA) is 67.3 Å². The zero-order valence-electron chi connectivity index (χ0n) is 12.8. The largest absolute Gasteiger partial charge is 0.497 e. The van der Waals surface area contributed by atoms with E-state index >= 15 is 0 Å². The number of methoxy groups -OCH3 is 1. The molecule has 0 unspecified atom stereocenters. The van der Waals surface area contributed by atoms with E-state index in [1.807, 2.05) is 24.3 Å². The average molecular weight is 299 g/mol. The van der Waals surface area contributed by atoms with Gasteiger partial charge in [0, 0.05) is 30.0 Å². The normalized spacial score (nSPS) is 13.0. The number of anilines is 1. The van der Waals surface area contributed by atoms with Gasteiger partial charge >= 0.3 is 0 Å². The highest BCUT2D eigenvalue weighted by Gasteiger charge is 2.19. The first-order chi connectivity index (χ1) is 10.8. The number of aliphatic hydroxyl groups excluding tert-OH is 1. The Morgan fingerprint density at radius 2 is 2.00 bits per heavy atom. The molecule has 0 saturated heterocycles. The predicted molar refractivity (Wildman–Crippen MR) is 86.2 cm³/mol. The fourth-order valence-corrected chi connectivity index (χ4v) is 2.73. The van der Waals surface area contributed by atoms with Gasteiger partial charge in [-0.1, -0.05) is 0 Å². The van der Waals surface area contributed by atoms with Gasteiger partial charge in [0.25, 0.3) is 0 Å². The fraction of sp³-hybridized carbons (Fsp3) is 0.412. The molecule has 0 bridgehead atoms. The molecule has 1 heterocycles. The molecule has 2 aromatic rings. The van der Waals surface area contributed by atoms with Crippen LogP contribution in [0.4, 0.5) is 5.82 Å². The molecule has 0 spiro atoms. The van der Waals surface area contributed by atoms with Crippen LogP contribution in [0.5, 0.6) is 5.75 Å². The maximum atomic E-state index is 8.94. The van der Waals surface area contributed by atoms with Gasteiger partial charge in [0.15, 0.2) is 5.82 Å². The number of aliphatic hydroxyl groups is 1. The van der Waals surface area contributed by atoms with Crippen molar-refractivity contribution in [1.82, 2.24) is 9.97 Å². The Bertz CT molecular complexity index is 641. The van der Waals surface area contributed by atoms with Crippen LogP contribution in [0, 0.1) is 0 Å². The van der Waals surface area contributed by atoms with Crippen molar-refractivity contribution in [3.8, 4) is 17.1 Å². The zero-order valence-corrected chi connectivity index (χ0v) is 12.8. The van der Waals surface area contributed by atoms with Crippen LogP contribution in [0.1, 0.15) is 24.1 Å². The second kappa shape index (κ2) is 6.75. The number of aromatic nitrogens is 2. The van der Waals surface area contributed by atoms with Gasteiger partial charge in [-0.25, -0.2) is 9.97 Å². The van der Waals surface area contributed by atoms with Crippen molar-refractivity contribution in [2.45, 2.75) is 25.7 Å². The van der Waals surface area contributed by atoms with Crippen LogP contribution in [-0.2, 0) is 12.8 Å². The van der Waals surface area contributed by atoms with Crippen LogP contribution in [0.25, 0.3) is 11.4 Å². The molecule has 1 aromatic heterocycles. The molecular formula is C17H21N3O2. The van der Waals surface area contributed by atoms with Gasteiger partial charge in [-0.3, -0.25) is 0 Å². The smallest absolute Gasteiger partial charge is 0.161 e. The highest BCUT2D eigenvalue weighted by atomic mass is 16.5. The molecule has 0 radical (unpaired) electrons. The van der Waals surface area contributed by atoms with Crippen LogP contribution in [0.15, 0.2) is 24.3 Å². The van der Waals surface area contributed by atoms with Crippen LogP contribution < -0.4 is 10.1 Å². The third-order valence-corrected chi connectivity index (χ3v) is 3.91. The van der Waals surface area contributed by atoms with Gasteiger partial charge in [-0.05, 0) is 49.9 Å². The Hall–Kier alpha value is -2.14. The summed E-state index contributed by atoms with van der Waals surface area (Å²) in [5, 5.41) is 12.3. The zero-order chi connectivity index (χ0) is 15.4. The van der Waals surface area contributed by atoms with Crippen LogP contribution in [0.3, 0.4) is 0 Å². The van der Waals surface area contributed by atoms with Crippen molar-refractivity contribution in [2.24, 2.45) is 0 Å². The summed E-state index contributed by atoms with van der Waals surface area (Å²) in [5.41, 5.74) is 3.36. The second-order valence-electron chi connectivity index (χ2n) is 5.41.